The highest BCUT2D eigenvalue weighted by Crippen LogP contribution is 2.42. The predicted octanol–water partition coefficient (Wildman–Crippen LogP) is 6.40. The molecule has 0 spiro atoms. The van der Waals surface area contributed by atoms with E-state index in [-0.39, 0.29) is 17.0 Å². The molecule has 0 aliphatic rings. The average Bonchev–Trinajstić information content (AvgIpc) is 3.32. The van der Waals surface area contributed by atoms with Gasteiger partial charge in [0.25, 0.3) is 0 Å². The van der Waals surface area contributed by atoms with Gasteiger partial charge in [-0.25, -0.2) is 8.78 Å². The summed E-state index contributed by atoms with van der Waals surface area (Å²) in [7, 11) is 0. The number of aromatic nitrogens is 1. The van der Waals surface area contributed by atoms with Gasteiger partial charge in [0.2, 0.25) is 6.41 Å². The minimum Gasteiger partial charge on any atom is -0.363 e. The van der Waals surface area contributed by atoms with E-state index in [9.17, 15) is 13.6 Å². The van der Waals surface area contributed by atoms with Crippen molar-refractivity contribution in [2.24, 2.45) is 11.1 Å². The Morgan fingerprint density at radius 3 is 2.46 bits per heavy atom. The van der Waals surface area contributed by atoms with Crippen LogP contribution in [0.5, 0.6) is 0 Å². The van der Waals surface area contributed by atoms with Crippen molar-refractivity contribution in [2.45, 2.75) is 46.1 Å². The van der Waals surface area contributed by atoms with E-state index in [1.54, 1.807) is 11.1 Å². The van der Waals surface area contributed by atoms with Crippen LogP contribution in [0.15, 0.2) is 60.8 Å². The lowest BCUT2D eigenvalue weighted by atomic mass is 9.77. The topological polar surface area (TPSA) is 62.1 Å². The van der Waals surface area contributed by atoms with Gasteiger partial charge in [0.15, 0.2) is 0 Å². The van der Waals surface area contributed by atoms with Crippen LogP contribution in [0.2, 0.25) is 0 Å². The zero-order valence-corrected chi connectivity index (χ0v) is 21.7. The smallest absolute Gasteiger partial charge is 0.210 e. The Morgan fingerprint density at radius 1 is 1.14 bits per heavy atom. The van der Waals surface area contributed by atoms with Gasteiger partial charge in [-0.15, -0.1) is 0 Å². The number of thiol groups is 1. The number of aromatic amines is 1. The van der Waals surface area contributed by atoms with Gasteiger partial charge in [-0.05, 0) is 66.8 Å². The summed E-state index contributed by atoms with van der Waals surface area (Å²) in [6.45, 7) is 7.24. The minimum atomic E-state index is -0.499. The van der Waals surface area contributed by atoms with Crippen molar-refractivity contribution in [3.05, 3.63) is 83.7 Å². The molecule has 2 aromatic carbocycles. The third-order valence-corrected chi connectivity index (χ3v) is 5.97. The highest BCUT2D eigenvalue weighted by molar-refractivity contribution is 7.80. The first-order chi connectivity index (χ1) is 16.8. The van der Waals surface area contributed by atoms with Crippen molar-refractivity contribution in [1.29, 1.82) is 0 Å². The standard InChI is InChI=1S/C26H31F2N3O.C2H6S/c1-26(2,12-11-19-7-4-3-5-8-19)25(31(18-32)14-6-13-29)24-15-20(17-30-24)22-16-21(27)9-10-23(22)28;1-2-3/h3-5,7-10,15-18,25,30H,6,11-14,29H2,1-2H3;3H,2H2,1H3. The number of benzene rings is 2. The summed E-state index contributed by atoms with van der Waals surface area (Å²) < 4.78 is 28.1. The number of nitrogens with two attached hydrogens (primary N) is 1. The van der Waals surface area contributed by atoms with E-state index in [2.05, 4.69) is 43.6 Å². The molecule has 3 aromatic rings. The lowest BCUT2D eigenvalue weighted by Gasteiger charge is -2.40. The zero-order valence-electron chi connectivity index (χ0n) is 20.8. The monoisotopic (exact) mass is 501 g/mol. The first-order valence-electron chi connectivity index (χ1n) is 12.0. The van der Waals surface area contributed by atoms with Crippen molar-refractivity contribution >= 4 is 19.0 Å². The second kappa shape index (κ2) is 14.0. The number of carbonyl (C=O) groups is 1. The molecule has 190 valence electrons. The molecule has 0 saturated carbocycles. The molecule has 0 fully saturated rings. The maximum Gasteiger partial charge on any atom is 0.210 e. The van der Waals surface area contributed by atoms with Gasteiger partial charge in [0.05, 0.1) is 6.04 Å². The summed E-state index contributed by atoms with van der Waals surface area (Å²) in [6.07, 6.45) is 4.89. The van der Waals surface area contributed by atoms with Crippen LogP contribution in [0.25, 0.3) is 11.1 Å². The fraction of sp³-hybridized carbons (Fsp3) is 0.393. The number of hydrogen-bond acceptors (Lipinski definition) is 3. The van der Waals surface area contributed by atoms with E-state index >= 15 is 0 Å². The maximum absolute atomic E-state index is 14.3. The Balaban J connectivity index is 0.00000137. The third kappa shape index (κ3) is 8.22. The Morgan fingerprint density at radius 2 is 1.83 bits per heavy atom. The Kier molecular flexibility index (Phi) is 11.5. The normalized spacial score (nSPS) is 12.0. The van der Waals surface area contributed by atoms with Crippen LogP contribution in [0.3, 0.4) is 0 Å². The molecule has 0 aliphatic carbocycles. The first kappa shape index (κ1) is 28.6. The molecule has 1 heterocycles. The molecule has 0 bridgehead atoms. The van der Waals surface area contributed by atoms with E-state index in [0.717, 1.165) is 42.8 Å². The molecular formula is C28H37F2N3OS. The largest absolute Gasteiger partial charge is 0.363 e. The van der Waals surface area contributed by atoms with E-state index in [4.69, 9.17) is 5.73 Å². The van der Waals surface area contributed by atoms with Crippen LogP contribution in [0, 0.1) is 17.0 Å². The summed E-state index contributed by atoms with van der Waals surface area (Å²) in [5.41, 5.74) is 8.15. The Bertz CT molecular complexity index is 1040. The molecule has 1 unspecified atom stereocenters. The number of nitrogens with zero attached hydrogens (tertiary/aromatic N) is 1. The lowest BCUT2D eigenvalue weighted by molar-refractivity contribution is -0.123. The van der Waals surface area contributed by atoms with Gasteiger partial charge in [-0.2, -0.15) is 12.6 Å². The van der Waals surface area contributed by atoms with Crippen molar-refractivity contribution < 1.29 is 13.6 Å². The van der Waals surface area contributed by atoms with Crippen molar-refractivity contribution in [3.63, 3.8) is 0 Å². The van der Waals surface area contributed by atoms with Gasteiger partial charge in [-0.3, -0.25) is 4.79 Å². The molecule has 1 aromatic heterocycles. The average molecular weight is 502 g/mol. The summed E-state index contributed by atoms with van der Waals surface area (Å²) >= 11 is 3.79. The molecule has 0 radical (unpaired) electrons. The Hall–Kier alpha value is -2.64. The molecule has 3 rings (SSSR count). The fourth-order valence-electron chi connectivity index (χ4n) is 4.26. The molecule has 35 heavy (non-hydrogen) atoms. The summed E-state index contributed by atoms with van der Waals surface area (Å²) in [5.74, 6) is -0.0476. The number of H-pyrrole nitrogens is 1. The molecular weight excluding hydrogens is 464 g/mol. The zero-order chi connectivity index (χ0) is 25.8. The van der Waals surface area contributed by atoms with Crippen LogP contribution >= 0.6 is 12.6 Å². The maximum atomic E-state index is 14.3. The van der Waals surface area contributed by atoms with Crippen LogP contribution in [-0.2, 0) is 11.2 Å². The van der Waals surface area contributed by atoms with E-state index in [1.165, 1.54) is 11.6 Å². The number of amides is 1. The highest BCUT2D eigenvalue weighted by atomic mass is 32.1. The molecule has 4 nitrogen and oxygen atoms in total. The summed E-state index contributed by atoms with van der Waals surface area (Å²) in [5, 5.41) is 0. The lowest BCUT2D eigenvalue weighted by Crippen LogP contribution is -2.39. The molecule has 1 amide bonds. The molecule has 0 aliphatic heterocycles. The first-order valence-corrected chi connectivity index (χ1v) is 12.6. The Labute approximate surface area is 213 Å². The second-order valence-corrected chi connectivity index (χ2v) is 9.78. The number of aryl methyl sites for hydroxylation is 1. The second-order valence-electron chi connectivity index (χ2n) is 9.15. The van der Waals surface area contributed by atoms with E-state index in [1.807, 2.05) is 31.2 Å². The van der Waals surface area contributed by atoms with Crippen LogP contribution < -0.4 is 5.73 Å². The van der Waals surface area contributed by atoms with Crippen LogP contribution in [-0.4, -0.2) is 35.1 Å². The SMILES string of the molecule is CC(C)(CCc1ccccc1)C(c1cc(-c2cc(F)ccc2F)c[nH]1)N(C=O)CCCN.CCS. The van der Waals surface area contributed by atoms with Gasteiger partial charge in [-0.1, -0.05) is 51.1 Å². The summed E-state index contributed by atoms with van der Waals surface area (Å²) in [4.78, 5) is 17.1. The highest BCUT2D eigenvalue weighted by Gasteiger charge is 2.36. The quantitative estimate of drug-likeness (QED) is 0.210. The van der Waals surface area contributed by atoms with Gasteiger partial charge in [0.1, 0.15) is 11.6 Å². The molecule has 3 N–H and O–H groups in total. The third-order valence-electron chi connectivity index (χ3n) is 5.97. The van der Waals surface area contributed by atoms with Gasteiger partial charge >= 0.3 is 0 Å². The predicted molar refractivity (Wildman–Crippen MR) is 143 cm³/mol. The van der Waals surface area contributed by atoms with E-state index < -0.39 is 11.6 Å². The number of hydrogen-bond donors (Lipinski definition) is 3. The molecule has 0 saturated heterocycles. The fourth-order valence-corrected chi connectivity index (χ4v) is 4.26. The molecule has 7 heteroatoms. The van der Waals surface area contributed by atoms with E-state index in [0.29, 0.717) is 25.1 Å². The van der Waals surface area contributed by atoms with Crippen molar-refractivity contribution in [1.82, 2.24) is 9.88 Å². The number of halogens is 2. The minimum absolute atomic E-state index is 0.188. The molecule has 1 atom stereocenters. The van der Waals surface area contributed by atoms with Crippen molar-refractivity contribution in [3.8, 4) is 11.1 Å². The van der Waals surface area contributed by atoms with Crippen LogP contribution in [0.1, 0.15) is 50.9 Å². The van der Waals surface area contributed by atoms with Crippen molar-refractivity contribution in [2.75, 3.05) is 18.8 Å². The van der Waals surface area contributed by atoms with Gasteiger partial charge in [0, 0.05) is 29.6 Å². The summed E-state index contributed by atoms with van der Waals surface area (Å²) in [6, 6.07) is 15.2. The van der Waals surface area contributed by atoms with Gasteiger partial charge < -0.3 is 15.6 Å². The number of rotatable bonds is 11. The van der Waals surface area contributed by atoms with Crippen LogP contribution in [0.4, 0.5) is 8.78 Å². The number of nitrogens with one attached hydrogen (secondary N) is 1. The number of carbonyl (C=O) groups excluding carboxylic acids is 1.